The molecule has 0 spiro atoms. The van der Waals surface area contributed by atoms with Crippen molar-refractivity contribution in [3.05, 3.63) is 70.9 Å². The van der Waals surface area contributed by atoms with Crippen molar-refractivity contribution in [3.63, 3.8) is 0 Å². The summed E-state index contributed by atoms with van der Waals surface area (Å²) in [4.78, 5) is 27.5. The van der Waals surface area contributed by atoms with Crippen molar-refractivity contribution in [1.29, 1.82) is 0 Å². The molecule has 142 valence electrons. The van der Waals surface area contributed by atoms with E-state index in [9.17, 15) is 13.2 Å². The first-order valence-corrected chi connectivity index (χ1v) is 9.71. The van der Waals surface area contributed by atoms with E-state index in [4.69, 9.17) is 5.14 Å². The van der Waals surface area contributed by atoms with E-state index >= 15 is 0 Å². The van der Waals surface area contributed by atoms with Gasteiger partial charge < -0.3 is 10.3 Å². The summed E-state index contributed by atoms with van der Waals surface area (Å²) in [6, 6.07) is 13.4. The number of H-pyrrole nitrogens is 1. The molecule has 0 aliphatic carbocycles. The minimum Gasteiger partial charge on any atom is -0.350 e. The summed E-state index contributed by atoms with van der Waals surface area (Å²) in [5.74, 6) is 0.460. The van der Waals surface area contributed by atoms with Crippen LogP contribution >= 0.6 is 0 Å². The Labute approximate surface area is 159 Å². The van der Waals surface area contributed by atoms with E-state index in [-0.39, 0.29) is 22.5 Å². The highest BCUT2D eigenvalue weighted by molar-refractivity contribution is 7.89. The van der Waals surface area contributed by atoms with E-state index in [1.807, 2.05) is 12.1 Å². The highest BCUT2D eigenvalue weighted by Gasteiger charge is 2.12. The van der Waals surface area contributed by atoms with Crippen LogP contribution in [0.3, 0.4) is 0 Å². The molecule has 4 rings (SSSR count). The summed E-state index contributed by atoms with van der Waals surface area (Å²) >= 11 is 0. The van der Waals surface area contributed by atoms with Crippen molar-refractivity contribution in [2.75, 3.05) is 5.32 Å². The molecule has 0 unspecified atom stereocenters. The van der Waals surface area contributed by atoms with Crippen LogP contribution in [-0.4, -0.2) is 32.9 Å². The molecular weight excluding hydrogens is 382 g/mol. The van der Waals surface area contributed by atoms with E-state index in [1.165, 1.54) is 23.0 Å². The fourth-order valence-electron chi connectivity index (χ4n) is 2.71. The fourth-order valence-corrected chi connectivity index (χ4v) is 3.23. The standard InChI is InChI=1S/C17H15N7O3S/c18-28(26,27)12-7-5-11(6-8-12)9-19-15-20-10-21-16(23-15)24-14-4-2-1-3-13(14)22-17(24)25/h1-8,10H,9H2,(H,22,25)(H2,18,26,27)(H,19,20,21,23). The first kappa shape index (κ1) is 17.8. The molecule has 0 amide bonds. The monoisotopic (exact) mass is 397 g/mol. The van der Waals surface area contributed by atoms with Gasteiger partial charge in [-0.1, -0.05) is 24.3 Å². The van der Waals surface area contributed by atoms with Gasteiger partial charge in [0.15, 0.2) is 0 Å². The molecule has 28 heavy (non-hydrogen) atoms. The van der Waals surface area contributed by atoms with Crippen LogP contribution in [0.5, 0.6) is 0 Å². The number of aromatic amines is 1. The summed E-state index contributed by atoms with van der Waals surface area (Å²) in [5, 5.41) is 8.11. The first-order valence-electron chi connectivity index (χ1n) is 8.16. The zero-order valence-electron chi connectivity index (χ0n) is 14.4. The van der Waals surface area contributed by atoms with Crippen molar-refractivity contribution in [3.8, 4) is 5.95 Å². The predicted molar refractivity (Wildman–Crippen MR) is 102 cm³/mol. The molecule has 4 aromatic rings. The lowest BCUT2D eigenvalue weighted by Crippen LogP contribution is -2.18. The van der Waals surface area contributed by atoms with Crippen molar-refractivity contribution in [2.45, 2.75) is 11.4 Å². The molecule has 0 bridgehead atoms. The number of benzene rings is 2. The number of rotatable bonds is 5. The van der Waals surface area contributed by atoms with Crippen molar-refractivity contribution in [1.82, 2.24) is 24.5 Å². The van der Waals surface area contributed by atoms with Gasteiger partial charge in [0, 0.05) is 6.54 Å². The molecule has 0 aliphatic heterocycles. The van der Waals surface area contributed by atoms with E-state index in [0.717, 1.165) is 5.56 Å². The zero-order valence-corrected chi connectivity index (χ0v) is 15.2. The van der Waals surface area contributed by atoms with E-state index in [2.05, 4.69) is 25.3 Å². The summed E-state index contributed by atoms with van der Waals surface area (Å²) in [6.07, 6.45) is 1.31. The van der Waals surface area contributed by atoms with Crippen LogP contribution in [0.1, 0.15) is 5.56 Å². The minimum absolute atomic E-state index is 0.0393. The Morgan fingerprint density at radius 3 is 2.57 bits per heavy atom. The highest BCUT2D eigenvalue weighted by Crippen LogP contribution is 2.13. The lowest BCUT2D eigenvalue weighted by atomic mass is 10.2. The van der Waals surface area contributed by atoms with Gasteiger partial charge in [-0.15, -0.1) is 0 Å². The molecule has 0 atom stereocenters. The largest absolute Gasteiger partial charge is 0.350 e. The molecule has 0 saturated carbocycles. The maximum atomic E-state index is 12.3. The SMILES string of the molecule is NS(=O)(=O)c1ccc(CNc2ncnc(-n3c(=O)[nH]c4ccccc43)n2)cc1. The number of hydrogen-bond acceptors (Lipinski definition) is 7. The summed E-state index contributed by atoms with van der Waals surface area (Å²) < 4.78 is 24.0. The zero-order chi connectivity index (χ0) is 19.7. The van der Waals surface area contributed by atoms with Gasteiger partial charge in [0.1, 0.15) is 6.33 Å². The van der Waals surface area contributed by atoms with Crippen molar-refractivity contribution in [2.24, 2.45) is 5.14 Å². The molecule has 0 saturated heterocycles. The van der Waals surface area contributed by atoms with Gasteiger partial charge >= 0.3 is 5.69 Å². The number of hydrogen-bond donors (Lipinski definition) is 3. The third-order valence-corrected chi connectivity index (χ3v) is 4.98. The number of fused-ring (bicyclic) bond motifs is 1. The second-order valence-electron chi connectivity index (χ2n) is 5.93. The minimum atomic E-state index is -3.73. The van der Waals surface area contributed by atoms with Gasteiger partial charge in [-0.3, -0.25) is 0 Å². The first-order chi connectivity index (χ1) is 13.4. The fraction of sp³-hybridized carbons (Fsp3) is 0.0588. The van der Waals surface area contributed by atoms with E-state index in [0.29, 0.717) is 17.6 Å². The maximum absolute atomic E-state index is 12.3. The van der Waals surface area contributed by atoms with Crippen LogP contribution in [0.15, 0.2) is 64.5 Å². The highest BCUT2D eigenvalue weighted by atomic mass is 32.2. The topological polar surface area (TPSA) is 149 Å². The summed E-state index contributed by atoms with van der Waals surface area (Å²) in [7, 11) is -3.73. The van der Waals surface area contributed by atoms with Crippen LogP contribution in [0.4, 0.5) is 5.95 Å². The van der Waals surface area contributed by atoms with E-state index in [1.54, 1.807) is 24.3 Å². The lowest BCUT2D eigenvalue weighted by Gasteiger charge is -2.07. The van der Waals surface area contributed by atoms with Gasteiger partial charge in [0.05, 0.1) is 15.9 Å². The van der Waals surface area contributed by atoms with Crippen molar-refractivity contribution < 1.29 is 8.42 Å². The molecular formula is C17H15N7O3S. The number of imidazole rings is 1. The number of anilines is 1. The van der Waals surface area contributed by atoms with Gasteiger partial charge in [0.2, 0.25) is 21.9 Å². The second-order valence-corrected chi connectivity index (χ2v) is 7.50. The molecule has 2 heterocycles. The number of primary sulfonamides is 1. The Kier molecular flexibility index (Phi) is 4.37. The smallest absolute Gasteiger partial charge is 0.333 e. The molecule has 0 fully saturated rings. The number of para-hydroxylation sites is 2. The summed E-state index contributed by atoms with van der Waals surface area (Å²) in [6.45, 7) is 0.344. The Bertz CT molecular complexity index is 1310. The van der Waals surface area contributed by atoms with Crippen LogP contribution in [0, 0.1) is 0 Å². The Hall–Kier alpha value is -3.57. The Balaban J connectivity index is 1.58. The predicted octanol–water partition coefficient (Wildman–Crippen LogP) is 0.763. The molecule has 10 nitrogen and oxygen atoms in total. The number of nitrogens with zero attached hydrogens (tertiary/aromatic N) is 4. The normalized spacial score (nSPS) is 11.6. The van der Waals surface area contributed by atoms with Crippen molar-refractivity contribution >= 4 is 27.0 Å². The molecule has 0 aliphatic rings. The third kappa shape index (κ3) is 3.48. The number of aromatic nitrogens is 5. The molecule has 11 heteroatoms. The van der Waals surface area contributed by atoms with E-state index < -0.39 is 10.0 Å². The molecule has 0 radical (unpaired) electrons. The van der Waals surface area contributed by atoms with Gasteiger partial charge in [-0.05, 0) is 29.8 Å². The number of sulfonamides is 1. The lowest BCUT2D eigenvalue weighted by molar-refractivity contribution is 0.598. The van der Waals surface area contributed by atoms with Gasteiger partial charge in [-0.2, -0.15) is 4.98 Å². The molecule has 4 N–H and O–H groups in total. The Morgan fingerprint density at radius 2 is 1.82 bits per heavy atom. The Morgan fingerprint density at radius 1 is 1.07 bits per heavy atom. The summed E-state index contributed by atoms with van der Waals surface area (Å²) in [5.41, 5.74) is 1.79. The third-order valence-electron chi connectivity index (χ3n) is 4.05. The van der Waals surface area contributed by atoms with Crippen LogP contribution in [0.2, 0.25) is 0 Å². The van der Waals surface area contributed by atoms with Gasteiger partial charge in [0.25, 0.3) is 0 Å². The average molecular weight is 397 g/mol. The second kappa shape index (κ2) is 6.87. The average Bonchev–Trinajstić information content (AvgIpc) is 3.02. The van der Waals surface area contributed by atoms with Crippen LogP contribution < -0.4 is 16.1 Å². The number of nitrogens with one attached hydrogen (secondary N) is 2. The maximum Gasteiger partial charge on any atom is 0.333 e. The number of nitrogens with two attached hydrogens (primary N) is 1. The quantitative estimate of drug-likeness (QED) is 0.450. The molecule has 2 aromatic heterocycles. The van der Waals surface area contributed by atoms with Crippen LogP contribution in [0.25, 0.3) is 17.0 Å². The van der Waals surface area contributed by atoms with Crippen LogP contribution in [-0.2, 0) is 16.6 Å². The molecule has 2 aromatic carbocycles. The van der Waals surface area contributed by atoms with Gasteiger partial charge in [-0.25, -0.2) is 32.9 Å².